The average molecular weight is 139 g/mol. The third-order valence-corrected chi connectivity index (χ3v) is 1.65. The molecule has 1 N–H and O–H groups in total. The number of rotatable bonds is 1. The average Bonchev–Trinajstić information content (AvgIpc) is 2.44. The zero-order chi connectivity index (χ0) is 6.97. The molecule has 1 aliphatic heterocycles. The summed E-state index contributed by atoms with van der Waals surface area (Å²) < 4.78 is 7.11. The van der Waals surface area contributed by atoms with Gasteiger partial charge in [0.1, 0.15) is 12.8 Å². The van der Waals surface area contributed by atoms with Gasteiger partial charge in [-0.1, -0.05) is 0 Å². The largest absolute Gasteiger partial charge is 0.474 e. The van der Waals surface area contributed by atoms with Gasteiger partial charge in [0.15, 0.2) is 0 Å². The summed E-state index contributed by atoms with van der Waals surface area (Å²) in [5, 5.41) is 7.16. The Kier molecular flexibility index (Phi) is 1.14. The fraction of sp³-hybridized carbons (Fsp3) is 0.500. The van der Waals surface area contributed by atoms with Crippen LogP contribution in [0.1, 0.15) is 6.17 Å². The molecule has 4 heteroatoms. The van der Waals surface area contributed by atoms with Crippen molar-refractivity contribution in [2.75, 3.05) is 13.7 Å². The van der Waals surface area contributed by atoms with Gasteiger partial charge in [-0.25, -0.2) is 4.68 Å². The Morgan fingerprint density at radius 3 is 3.60 bits per heavy atom. The van der Waals surface area contributed by atoms with Gasteiger partial charge in [-0.15, -0.1) is 0 Å². The van der Waals surface area contributed by atoms with E-state index in [2.05, 4.69) is 10.4 Å². The first-order valence-corrected chi connectivity index (χ1v) is 3.25. The number of hydrogen-bond donors (Lipinski definition) is 1. The fourth-order valence-electron chi connectivity index (χ4n) is 1.09. The van der Waals surface area contributed by atoms with Crippen LogP contribution < -0.4 is 10.1 Å². The molecule has 0 amide bonds. The molecule has 0 saturated carbocycles. The summed E-state index contributed by atoms with van der Waals surface area (Å²) in [5.41, 5.74) is 0. The molecule has 0 radical (unpaired) electrons. The zero-order valence-electron chi connectivity index (χ0n) is 5.74. The van der Waals surface area contributed by atoms with Crippen LogP contribution in [-0.2, 0) is 0 Å². The summed E-state index contributed by atoms with van der Waals surface area (Å²) in [6.07, 6.45) is 1.95. The second-order valence-electron chi connectivity index (χ2n) is 2.23. The Morgan fingerprint density at radius 2 is 2.80 bits per heavy atom. The topological polar surface area (TPSA) is 39.1 Å². The number of ether oxygens (including phenoxy) is 1. The predicted molar refractivity (Wildman–Crippen MR) is 35.8 cm³/mol. The maximum absolute atomic E-state index is 5.28. The highest BCUT2D eigenvalue weighted by Crippen LogP contribution is 2.21. The second kappa shape index (κ2) is 1.98. The highest BCUT2D eigenvalue weighted by Gasteiger charge is 2.21. The Hall–Kier alpha value is -1.03. The molecule has 10 heavy (non-hydrogen) atoms. The molecule has 0 fully saturated rings. The minimum absolute atomic E-state index is 0.213. The van der Waals surface area contributed by atoms with Crippen molar-refractivity contribution >= 4 is 0 Å². The number of hydrogen-bond acceptors (Lipinski definition) is 3. The van der Waals surface area contributed by atoms with Crippen LogP contribution in [0.5, 0.6) is 5.88 Å². The van der Waals surface area contributed by atoms with Crippen LogP contribution in [0, 0.1) is 0 Å². The molecule has 0 saturated heterocycles. The lowest BCUT2D eigenvalue weighted by Gasteiger charge is -2.05. The van der Waals surface area contributed by atoms with Crippen molar-refractivity contribution in [3.05, 3.63) is 12.3 Å². The van der Waals surface area contributed by atoms with Gasteiger partial charge < -0.3 is 4.74 Å². The molecule has 0 spiro atoms. The molecule has 0 aliphatic carbocycles. The minimum Gasteiger partial charge on any atom is -0.474 e. The summed E-state index contributed by atoms with van der Waals surface area (Å²) in [7, 11) is 1.89. The molecule has 2 heterocycles. The number of likely N-dealkylation sites (N-methyl/N-ethyl adjacent to an activating group) is 1. The van der Waals surface area contributed by atoms with Crippen molar-refractivity contribution in [1.29, 1.82) is 0 Å². The predicted octanol–water partition coefficient (Wildman–Crippen LogP) is -0.00650. The maximum atomic E-state index is 5.28. The van der Waals surface area contributed by atoms with Crippen molar-refractivity contribution in [3.8, 4) is 5.88 Å². The van der Waals surface area contributed by atoms with E-state index in [9.17, 15) is 0 Å². The number of fused-ring (bicyclic) bond motifs is 1. The summed E-state index contributed by atoms with van der Waals surface area (Å²) in [5.74, 6) is 0.847. The van der Waals surface area contributed by atoms with Gasteiger partial charge >= 0.3 is 0 Å². The van der Waals surface area contributed by atoms with Crippen LogP contribution in [0.15, 0.2) is 12.3 Å². The molecule has 2 rings (SSSR count). The van der Waals surface area contributed by atoms with E-state index >= 15 is 0 Å². The van der Waals surface area contributed by atoms with Crippen molar-refractivity contribution in [3.63, 3.8) is 0 Å². The molecular weight excluding hydrogens is 130 g/mol. The monoisotopic (exact) mass is 139 g/mol. The second-order valence-corrected chi connectivity index (χ2v) is 2.23. The molecule has 1 aromatic heterocycles. The lowest BCUT2D eigenvalue weighted by Crippen LogP contribution is -2.23. The van der Waals surface area contributed by atoms with Gasteiger partial charge in [-0.3, -0.25) is 5.32 Å². The molecule has 1 unspecified atom stereocenters. The standard InChI is InChI=1S/C6H9N3O/c1-7-5-4-10-6-2-3-8-9(5)6/h2-3,5,7H,4H2,1H3. The van der Waals surface area contributed by atoms with Gasteiger partial charge in [-0.2, -0.15) is 5.10 Å². The van der Waals surface area contributed by atoms with E-state index in [0.29, 0.717) is 6.61 Å². The van der Waals surface area contributed by atoms with E-state index in [1.54, 1.807) is 6.20 Å². The van der Waals surface area contributed by atoms with Crippen LogP contribution in [0.4, 0.5) is 0 Å². The van der Waals surface area contributed by atoms with Crippen molar-refractivity contribution in [1.82, 2.24) is 15.1 Å². The Balaban J connectivity index is 2.34. The van der Waals surface area contributed by atoms with Crippen molar-refractivity contribution in [2.45, 2.75) is 6.17 Å². The van der Waals surface area contributed by atoms with Gasteiger partial charge in [0.25, 0.3) is 0 Å². The van der Waals surface area contributed by atoms with Gasteiger partial charge in [0.2, 0.25) is 5.88 Å². The van der Waals surface area contributed by atoms with E-state index in [0.717, 1.165) is 5.88 Å². The van der Waals surface area contributed by atoms with Crippen LogP contribution in [0.25, 0.3) is 0 Å². The lowest BCUT2D eigenvalue weighted by molar-refractivity contribution is 0.306. The zero-order valence-corrected chi connectivity index (χ0v) is 5.74. The first-order chi connectivity index (χ1) is 4.92. The fourth-order valence-corrected chi connectivity index (χ4v) is 1.09. The van der Waals surface area contributed by atoms with E-state index in [-0.39, 0.29) is 6.17 Å². The maximum Gasteiger partial charge on any atom is 0.213 e. The quantitative estimate of drug-likeness (QED) is 0.595. The number of nitrogens with zero attached hydrogens (tertiary/aromatic N) is 2. The number of aromatic nitrogens is 2. The Morgan fingerprint density at radius 1 is 1.90 bits per heavy atom. The van der Waals surface area contributed by atoms with E-state index in [1.807, 2.05) is 17.8 Å². The normalized spacial score (nSPS) is 22.3. The first kappa shape index (κ1) is 5.73. The molecule has 1 atom stereocenters. The van der Waals surface area contributed by atoms with E-state index < -0.39 is 0 Å². The van der Waals surface area contributed by atoms with Crippen LogP contribution >= 0.6 is 0 Å². The molecule has 1 aromatic rings. The summed E-state index contributed by atoms with van der Waals surface area (Å²) in [4.78, 5) is 0. The molecule has 0 bridgehead atoms. The summed E-state index contributed by atoms with van der Waals surface area (Å²) >= 11 is 0. The minimum atomic E-state index is 0.213. The van der Waals surface area contributed by atoms with Crippen molar-refractivity contribution < 1.29 is 4.74 Å². The molecule has 54 valence electrons. The molecule has 0 aromatic carbocycles. The van der Waals surface area contributed by atoms with Gasteiger partial charge in [-0.05, 0) is 7.05 Å². The SMILES string of the molecule is CNC1COc2ccnn21. The van der Waals surface area contributed by atoms with Gasteiger partial charge in [0, 0.05) is 6.07 Å². The molecular formula is C6H9N3O. The first-order valence-electron chi connectivity index (χ1n) is 3.25. The Labute approximate surface area is 58.8 Å². The number of nitrogens with one attached hydrogen (secondary N) is 1. The summed E-state index contributed by atoms with van der Waals surface area (Å²) in [6, 6.07) is 1.86. The highest BCUT2D eigenvalue weighted by atomic mass is 16.5. The third-order valence-electron chi connectivity index (χ3n) is 1.65. The lowest BCUT2D eigenvalue weighted by atomic mass is 10.5. The Bertz CT molecular complexity index is 233. The van der Waals surface area contributed by atoms with Crippen molar-refractivity contribution in [2.24, 2.45) is 0 Å². The van der Waals surface area contributed by atoms with Crippen LogP contribution in [0.3, 0.4) is 0 Å². The smallest absolute Gasteiger partial charge is 0.213 e. The van der Waals surface area contributed by atoms with Crippen LogP contribution in [-0.4, -0.2) is 23.4 Å². The highest BCUT2D eigenvalue weighted by molar-refractivity contribution is 5.11. The third kappa shape index (κ3) is 0.623. The van der Waals surface area contributed by atoms with E-state index in [1.165, 1.54) is 0 Å². The summed E-state index contributed by atoms with van der Waals surface area (Å²) in [6.45, 7) is 0.680. The molecule has 4 nitrogen and oxygen atoms in total. The molecule has 1 aliphatic rings. The van der Waals surface area contributed by atoms with Gasteiger partial charge in [0.05, 0.1) is 6.20 Å². The van der Waals surface area contributed by atoms with E-state index in [4.69, 9.17) is 4.74 Å². The van der Waals surface area contributed by atoms with Crippen LogP contribution in [0.2, 0.25) is 0 Å².